The number of thioether (sulfide) groups is 2. The van der Waals surface area contributed by atoms with Gasteiger partial charge < -0.3 is 4.57 Å². The Morgan fingerprint density at radius 3 is 2.42 bits per heavy atom. The van der Waals surface area contributed by atoms with Crippen LogP contribution in [-0.4, -0.2) is 25.1 Å². The zero-order chi connectivity index (χ0) is 17.0. The van der Waals surface area contributed by atoms with E-state index in [0.717, 1.165) is 42.9 Å². The standard InChI is InChI=1S/C17H19F3N2S2/c18-17(19,20)15-4-2-14(3-5-15)12-16(23-10-11-24-16)6-1-8-22-9-7-21-13-22/h2-5,7,9,13H,1,6,8,10-12H2. The van der Waals surface area contributed by atoms with Crippen LogP contribution in [-0.2, 0) is 19.1 Å². The Bertz CT molecular complexity index is 633. The zero-order valence-electron chi connectivity index (χ0n) is 13.1. The number of imidazole rings is 1. The summed E-state index contributed by atoms with van der Waals surface area (Å²) >= 11 is 3.89. The van der Waals surface area contributed by atoms with E-state index in [1.54, 1.807) is 18.3 Å². The molecule has 2 heterocycles. The van der Waals surface area contributed by atoms with Gasteiger partial charge in [-0.3, -0.25) is 0 Å². The van der Waals surface area contributed by atoms with Crippen molar-refractivity contribution in [1.82, 2.24) is 9.55 Å². The third-order valence-electron chi connectivity index (χ3n) is 4.10. The summed E-state index contributed by atoms with van der Waals surface area (Å²) in [4.78, 5) is 4.05. The molecule has 0 N–H and O–H groups in total. The van der Waals surface area contributed by atoms with Crippen LogP contribution in [0.5, 0.6) is 0 Å². The second-order valence-corrected chi connectivity index (χ2v) is 9.10. The molecule has 1 fully saturated rings. The van der Waals surface area contributed by atoms with E-state index < -0.39 is 11.7 Å². The quantitative estimate of drug-likeness (QED) is 0.702. The summed E-state index contributed by atoms with van der Waals surface area (Å²) < 4.78 is 40.2. The van der Waals surface area contributed by atoms with E-state index in [2.05, 4.69) is 9.55 Å². The summed E-state index contributed by atoms with van der Waals surface area (Å²) in [5.41, 5.74) is 0.402. The first-order chi connectivity index (χ1) is 11.5. The fraction of sp³-hybridized carbons (Fsp3) is 0.471. The highest BCUT2D eigenvalue weighted by molar-refractivity contribution is 8.21. The van der Waals surface area contributed by atoms with Crippen molar-refractivity contribution in [3.8, 4) is 0 Å². The molecule has 1 aromatic carbocycles. The molecule has 0 radical (unpaired) electrons. The number of nitrogens with zero attached hydrogens (tertiary/aromatic N) is 2. The van der Waals surface area contributed by atoms with E-state index in [9.17, 15) is 13.2 Å². The number of hydrogen-bond donors (Lipinski definition) is 0. The summed E-state index contributed by atoms with van der Waals surface area (Å²) in [6.07, 6.45) is 4.17. The molecule has 130 valence electrons. The van der Waals surface area contributed by atoms with Gasteiger partial charge >= 0.3 is 6.18 Å². The van der Waals surface area contributed by atoms with Crippen LogP contribution in [0, 0.1) is 0 Å². The zero-order valence-corrected chi connectivity index (χ0v) is 14.8. The number of aryl methyl sites for hydroxylation is 1. The summed E-state index contributed by atoms with van der Waals surface area (Å²) in [5.74, 6) is 2.22. The van der Waals surface area contributed by atoms with E-state index >= 15 is 0 Å². The number of aromatic nitrogens is 2. The average Bonchev–Trinajstić information content (AvgIpc) is 3.19. The molecule has 0 spiro atoms. The van der Waals surface area contributed by atoms with Gasteiger partial charge in [-0.05, 0) is 37.0 Å². The highest BCUT2D eigenvalue weighted by Gasteiger charge is 2.35. The van der Waals surface area contributed by atoms with E-state index in [4.69, 9.17) is 0 Å². The molecule has 1 saturated heterocycles. The van der Waals surface area contributed by atoms with Gasteiger partial charge in [0.15, 0.2) is 0 Å². The largest absolute Gasteiger partial charge is 0.416 e. The molecular formula is C17H19F3N2S2. The number of rotatable bonds is 6. The number of hydrogen-bond acceptors (Lipinski definition) is 3. The maximum atomic E-state index is 12.7. The first-order valence-electron chi connectivity index (χ1n) is 7.87. The molecule has 0 bridgehead atoms. The van der Waals surface area contributed by atoms with E-state index in [-0.39, 0.29) is 4.08 Å². The number of alkyl halides is 3. The van der Waals surface area contributed by atoms with Crippen molar-refractivity contribution in [2.45, 2.75) is 36.1 Å². The topological polar surface area (TPSA) is 17.8 Å². The van der Waals surface area contributed by atoms with Gasteiger partial charge in [0, 0.05) is 30.4 Å². The Hall–Kier alpha value is -1.08. The van der Waals surface area contributed by atoms with Crippen LogP contribution in [0.25, 0.3) is 0 Å². The van der Waals surface area contributed by atoms with E-state index in [1.807, 2.05) is 36.0 Å². The molecule has 0 saturated carbocycles. The average molecular weight is 372 g/mol. The normalized spacial score (nSPS) is 17.3. The molecule has 24 heavy (non-hydrogen) atoms. The Morgan fingerprint density at radius 2 is 1.83 bits per heavy atom. The van der Waals surface area contributed by atoms with Crippen LogP contribution in [0.3, 0.4) is 0 Å². The third kappa shape index (κ3) is 4.51. The van der Waals surface area contributed by atoms with Crippen LogP contribution in [0.1, 0.15) is 24.0 Å². The first-order valence-corrected chi connectivity index (χ1v) is 9.84. The molecule has 0 unspecified atom stereocenters. The molecule has 1 aliphatic rings. The summed E-state index contributed by atoms with van der Waals surface area (Å²) in [7, 11) is 0. The van der Waals surface area contributed by atoms with Crippen molar-refractivity contribution in [3.05, 3.63) is 54.1 Å². The van der Waals surface area contributed by atoms with Crippen molar-refractivity contribution in [2.24, 2.45) is 0 Å². The Labute approximate surface area is 148 Å². The van der Waals surface area contributed by atoms with Gasteiger partial charge in [0.05, 0.1) is 16.0 Å². The highest BCUT2D eigenvalue weighted by Crippen LogP contribution is 2.49. The Morgan fingerprint density at radius 1 is 1.12 bits per heavy atom. The lowest BCUT2D eigenvalue weighted by Gasteiger charge is -2.27. The van der Waals surface area contributed by atoms with Crippen LogP contribution in [0.4, 0.5) is 13.2 Å². The maximum Gasteiger partial charge on any atom is 0.416 e. The molecule has 7 heteroatoms. The summed E-state index contributed by atoms with van der Waals surface area (Å²) in [5, 5.41) is 0. The monoisotopic (exact) mass is 372 g/mol. The van der Waals surface area contributed by atoms with Crippen LogP contribution < -0.4 is 0 Å². The van der Waals surface area contributed by atoms with Crippen molar-refractivity contribution < 1.29 is 13.2 Å². The second-order valence-electron chi connectivity index (χ2n) is 5.88. The van der Waals surface area contributed by atoms with Gasteiger partial charge in [0.25, 0.3) is 0 Å². The molecule has 3 rings (SSSR count). The van der Waals surface area contributed by atoms with E-state index in [0.29, 0.717) is 0 Å². The van der Waals surface area contributed by atoms with Crippen molar-refractivity contribution in [3.63, 3.8) is 0 Å². The SMILES string of the molecule is FC(F)(F)c1ccc(CC2(CCCn3ccnc3)SCCS2)cc1. The minimum atomic E-state index is -4.27. The predicted octanol–water partition coefficient (Wildman–Crippen LogP) is 5.10. The first kappa shape index (κ1) is 17.7. The van der Waals surface area contributed by atoms with E-state index in [1.165, 1.54) is 12.1 Å². The molecule has 2 nitrogen and oxygen atoms in total. The summed E-state index contributed by atoms with van der Waals surface area (Å²) in [6.45, 7) is 0.926. The maximum absolute atomic E-state index is 12.7. The molecular weight excluding hydrogens is 353 g/mol. The van der Waals surface area contributed by atoms with Crippen molar-refractivity contribution >= 4 is 23.5 Å². The molecule has 2 aromatic rings. The van der Waals surface area contributed by atoms with Gasteiger partial charge in [-0.15, -0.1) is 23.5 Å². The molecule has 0 amide bonds. The van der Waals surface area contributed by atoms with Gasteiger partial charge in [0.2, 0.25) is 0 Å². The Balaban J connectivity index is 1.62. The fourth-order valence-corrected chi connectivity index (χ4v) is 6.26. The number of benzene rings is 1. The van der Waals surface area contributed by atoms with Crippen LogP contribution in [0.2, 0.25) is 0 Å². The Kier molecular flexibility index (Phi) is 5.49. The minimum absolute atomic E-state index is 0.0837. The lowest BCUT2D eigenvalue weighted by molar-refractivity contribution is -0.137. The van der Waals surface area contributed by atoms with Gasteiger partial charge in [0.1, 0.15) is 0 Å². The van der Waals surface area contributed by atoms with Crippen molar-refractivity contribution in [1.29, 1.82) is 0 Å². The molecule has 0 aliphatic carbocycles. The third-order valence-corrected chi connectivity index (χ3v) is 7.63. The molecule has 0 atom stereocenters. The lowest BCUT2D eigenvalue weighted by atomic mass is 10.0. The smallest absolute Gasteiger partial charge is 0.337 e. The highest BCUT2D eigenvalue weighted by atomic mass is 32.2. The predicted molar refractivity (Wildman–Crippen MR) is 94.3 cm³/mol. The fourth-order valence-electron chi connectivity index (χ4n) is 2.90. The van der Waals surface area contributed by atoms with Gasteiger partial charge in [-0.1, -0.05) is 12.1 Å². The number of halogens is 3. The van der Waals surface area contributed by atoms with Gasteiger partial charge in [-0.2, -0.15) is 13.2 Å². The van der Waals surface area contributed by atoms with Crippen LogP contribution in [0.15, 0.2) is 43.0 Å². The lowest BCUT2D eigenvalue weighted by Crippen LogP contribution is -2.21. The molecule has 1 aliphatic heterocycles. The molecule has 1 aromatic heterocycles. The van der Waals surface area contributed by atoms with Crippen LogP contribution >= 0.6 is 23.5 Å². The van der Waals surface area contributed by atoms with Crippen molar-refractivity contribution in [2.75, 3.05) is 11.5 Å². The second kappa shape index (κ2) is 7.44. The minimum Gasteiger partial charge on any atom is -0.337 e. The summed E-state index contributed by atoms with van der Waals surface area (Å²) in [6, 6.07) is 5.64. The van der Waals surface area contributed by atoms with Gasteiger partial charge in [-0.25, -0.2) is 4.98 Å².